The summed E-state index contributed by atoms with van der Waals surface area (Å²) >= 11 is 0. The van der Waals surface area contributed by atoms with Gasteiger partial charge in [0.15, 0.2) is 0 Å². The van der Waals surface area contributed by atoms with Gasteiger partial charge in [-0.1, -0.05) is 0 Å². The van der Waals surface area contributed by atoms with Crippen molar-refractivity contribution < 1.29 is 0 Å². The van der Waals surface area contributed by atoms with Crippen LogP contribution in [0.2, 0.25) is 0 Å². The van der Waals surface area contributed by atoms with Gasteiger partial charge >= 0.3 is 66.4 Å². The normalized spacial score (nSPS) is 9.91. The van der Waals surface area contributed by atoms with E-state index in [1.54, 1.807) is 0 Å². The van der Waals surface area contributed by atoms with Gasteiger partial charge in [-0.2, -0.15) is 0 Å². The third-order valence-corrected chi connectivity index (χ3v) is 2.01. The quantitative estimate of drug-likeness (QED) is 0.527. The van der Waals surface area contributed by atoms with Crippen molar-refractivity contribution in [3.8, 4) is 0 Å². The minimum atomic E-state index is 1.33. The van der Waals surface area contributed by atoms with E-state index in [0.717, 1.165) is 0 Å². The topological polar surface area (TPSA) is 0 Å². The van der Waals surface area contributed by atoms with Crippen molar-refractivity contribution in [1.82, 2.24) is 0 Å². The molecule has 11 heavy (non-hydrogen) atoms. The van der Waals surface area contributed by atoms with Gasteiger partial charge in [-0.15, -0.1) is 0 Å². The number of rotatable bonds is 0. The molecular weight excluding hydrogens is 131 g/mol. The van der Waals surface area contributed by atoms with Gasteiger partial charge < -0.3 is 0 Å². The van der Waals surface area contributed by atoms with E-state index in [-0.39, 0.29) is 0 Å². The zero-order valence-electron chi connectivity index (χ0n) is 6.54. The summed E-state index contributed by atoms with van der Waals surface area (Å²) in [6.45, 7) is 4.24. The Balaban J connectivity index is 2.91. The number of fused-ring (bicyclic) bond motifs is 1. The van der Waals surface area contributed by atoms with E-state index in [4.69, 9.17) is 0 Å². The molecule has 1 aromatic heterocycles. The Morgan fingerprint density at radius 2 is 1.91 bits per heavy atom. The molecule has 0 atom stereocenters. The first-order valence-electron chi connectivity index (χ1n) is 3.82. The Hall–Kier alpha value is -1.11. The molecule has 0 aliphatic rings. The van der Waals surface area contributed by atoms with E-state index in [0.29, 0.717) is 0 Å². The summed E-state index contributed by atoms with van der Waals surface area (Å²) in [5, 5.41) is 2.68. The Labute approximate surface area is 67.1 Å². The molecule has 0 bridgehead atoms. The second-order valence-corrected chi connectivity index (χ2v) is 2.80. The molecule has 0 saturated heterocycles. The molecule has 0 unspecified atom stereocenters. The summed E-state index contributed by atoms with van der Waals surface area (Å²) in [7, 11) is 0. The second kappa shape index (κ2) is 2.50. The fourth-order valence-corrected chi connectivity index (χ4v) is 1.39. The van der Waals surface area contributed by atoms with E-state index in [2.05, 4.69) is 50.0 Å². The van der Waals surface area contributed by atoms with E-state index in [9.17, 15) is 0 Å². The minimum absolute atomic E-state index is 1.33. The molecule has 2 aromatic rings. The third-order valence-electron chi connectivity index (χ3n) is 2.01. The molecule has 0 N–H and O–H groups in total. The van der Waals surface area contributed by atoms with Crippen LogP contribution in [0, 0.1) is 6.92 Å². The van der Waals surface area contributed by atoms with Crippen molar-refractivity contribution >= 4 is 17.7 Å². The number of hydrogen-bond acceptors (Lipinski definition) is 0. The summed E-state index contributed by atoms with van der Waals surface area (Å²) in [4.78, 5) is 0. The first-order chi connectivity index (χ1) is 5.38. The van der Waals surface area contributed by atoms with Crippen LogP contribution in [0.4, 0.5) is 0 Å². The van der Waals surface area contributed by atoms with Crippen molar-refractivity contribution in [2.24, 2.45) is 0 Å². The predicted octanol–water partition coefficient (Wildman–Crippen LogP) is 2.49. The molecule has 1 aromatic carbocycles. The molecule has 0 amide bonds. The fourth-order valence-electron chi connectivity index (χ4n) is 1.39. The average Bonchev–Trinajstić information content (AvgIpc) is 2.06. The van der Waals surface area contributed by atoms with Crippen LogP contribution in [0.3, 0.4) is 0 Å². The number of benzene rings is 1. The van der Waals surface area contributed by atoms with E-state index < -0.39 is 0 Å². The summed E-state index contributed by atoms with van der Waals surface area (Å²) in [6, 6.07) is 8.45. The standard InChI is InChI=1S/C10H9B/c1-8-6-11-7-9-4-2-3-5-10(8)9/h2-7H,1H3. The van der Waals surface area contributed by atoms with Crippen LogP contribution in [-0.2, 0) is 0 Å². The molecular formula is C10H9B. The molecule has 0 aliphatic carbocycles. The molecule has 0 aliphatic heterocycles. The fraction of sp³-hybridized carbons (Fsp3) is 0.100. The maximum absolute atomic E-state index is 2.16. The zero-order chi connectivity index (χ0) is 7.68. The molecule has 2 rings (SSSR count). The van der Waals surface area contributed by atoms with E-state index in [1.165, 1.54) is 16.3 Å². The van der Waals surface area contributed by atoms with Crippen LogP contribution in [-0.4, -0.2) is 6.91 Å². The maximum atomic E-state index is 2.16. The van der Waals surface area contributed by atoms with Crippen LogP contribution in [0.25, 0.3) is 10.8 Å². The molecule has 52 valence electrons. The van der Waals surface area contributed by atoms with E-state index in [1.807, 2.05) is 0 Å². The number of aryl methyl sites for hydroxylation is 1. The van der Waals surface area contributed by atoms with Gasteiger partial charge in [0.05, 0.1) is 0 Å². The molecule has 1 heterocycles. The van der Waals surface area contributed by atoms with Crippen molar-refractivity contribution in [2.45, 2.75) is 6.92 Å². The molecule has 0 saturated carbocycles. The van der Waals surface area contributed by atoms with Gasteiger partial charge in [0, 0.05) is 0 Å². The first-order valence-corrected chi connectivity index (χ1v) is 3.82. The molecule has 1 heteroatoms. The SMILES string of the molecule is Cc1cbcc2ccccc12. The van der Waals surface area contributed by atoms with Crippen LogP contribution in [0.1, 0.15) is 5.56 Å². The van der Waals surface area contributed by atoms with Gasteiger partial charge in [0.2, 0.25) is 0 Å². The Morgan fingerprint density at radius 1 is 1.09 bits per heavy atom. The summed E-state index contributed by atoms with van der Waals surface area (Å²) < 4.78 is 0. The van der Waals surface area contributed by atoms with Crippen molar-refractivity contribution in [3.63, 3.8) is 0 Å². The van der Waals surface area contributed by atoms with Gasteiger partial charge in [-0.05, 0) is 0 Å². The molecule has 0 spiro atoms. The Bertz CT molecular complexity index is 374. The van der Waals surface area contributed by atoms with Gasteiger partial charge in [0.1, 0.15) is 0 Å². The van der Waals surface area contributed by atoms with Crippen molar-refractivity contribution in [3.05, 3.63) is 41.8 Å². The third kappa shape index (κ3) is 1.07. The van der Waals surface area contributed by atoms with Crippen LogP contribution in [0.5, 0.6) is 0 Å². The average molecular weight is 140 g/mol. The monoisotopic (exact) mass is 140 g/mol. The molecule has 0 fully saturated rings. The van der Waals surface area contributed by atoms with Crippen LogP contribution < -0.4 is 0 Å². The van der Waals surface area contributed by atoms with Gasteiger partial charge in [0.25, 0.3) is 0 Å². The predicted molar refractivity (Wildman–Crippen MR) is 50.0 cm³/mol. The molecule has 0 nitrogen and oxygen atoms in total. The van der Waals surface area contributed by atoms with Crippen molar-refractivity contribution in [1.29, 1.82) is 0 Å². The zero-order valence-corrected chi connectivity index (χ0v) is 6.54. The Morgan fingerprint density at radius 3 is 2.73 bits per heavy atom. The summed E-state index contributed by atoms with van der Waals surface area (Å²) in [5.74, 6) is 4.28. The van der Waals surface area contributed by atoms with Gasteiger partial charge in [-0.25, -0.2) is 0 Å². The van der Waals surface area contributed by atoms with Crippen molar-refractivity contribution in [2.75, 3.05) is 0 Å². The second-order valence-electron chi connectivity index (χ2n) is 2.80. The summed E-state index contributed by atoms with van der Waals surface area (Å²) in [6.07, 6.45) is 0. The van der Waals surface area contributed by atoms with Crippen LogP contribution in [0.15, 0.2) is 36.2 Å². The first kappa shape index (κ1) is 6.60. The van der Waals surface area contributed by atoms with Crippen LogP contribution >= 0.6 is 0 Å². The Kier molecular flexibility index (Phi) is 1.50. The van der Waals surface area contributed by atoms with E-state index >= 15 is 0 Å². The van der Waals surface area contributed by atoms with Gasteiger partial charge in [-0.3, -0.25) is 0 Å². The number of hydrogen-bond donors (Lipinski definition) is 0. The summed E-state index contributed by atoms with van der Waals surface area (Å²) in [5.41, 5.74) is 1.35. The molecule has 0 radical (unpaired) electrons.